The highest BCUT2D eigenvalue weighted by molar-refractivity contribution is 5.78. The van der Waals surface area contributed by atoms with Crippen molar-refractivity contribution in [2.24, 2.45) is 9.98 Å². The quantitative estimate of drug-likeness (QED) is 0.623. The molecule has 0 spiro atoms. The highest BCUT2D eigenvalue weighted by Gasteiger charge is 2.05. The molecule has 0 fully saturated rings. The van der Waals surface area contributed by atoms with E-state index in [4.69, 9.17) is 5.73 Å². The Morgan fingerprint density at radius 1 is 1.29 bits per heavy atom. The second-order valence-electron chi connectivity index (χ2n) is 2.93. The zero-order valence-corrected chi connectivity index (χ0v) is 8.32. The molecule has 2 rings (SSSR count). The maximum Gasteiger partial charge on any atom is 0.368 e. The van der Waals surface area contributed by atoms with Crippen molar-refractivity contribution in [3.63, 3.8) is 0 Å². The summed E-state index contributed by atoms with van der Waals surface area (Å²) in [5.41, 5.74) is 6.03. The fraction of sp³-hybridized carbons (Fsp3) is 0.300. The van der Waals surface area contributed by atoms with Crippen LogP contribution >= 0.6 is 0 Å². The number of nitrogens with two attached hydrogens (primary N) is 1. The van der Waals surface area contributed by atoms with Gasteiger partial charge >= 0.3 is 6.03 Å². The van der Waals surface area contributed by atoms with Gasteiger partial charge in [-0.05, 0) is 12.1 Å². The average molecular weight is 191 g/mol. The predicted molar refractivity (Wildman–Crippen MR) is 54.5 cm³/mol. The van der Waals surface area contributed by atoms with Crippen LogP contribution in [0.5, 0.6) is 0 Å². The van der Waals surface area contributed by atoms with E-state index in [0.29, 0.717) is 16.4 Å². The molecule has 2 N–H and O–H groups in total. The molecule has 0 bridgehead atoms. The van der Waals surface area contributed by atoms with Gasteiger partial charge in [0.1, 0.15) is 5.36 Å². The molecule has 14 heavy (non-hydrogen) atoms. The maximum absolute atomic E-state index is 10.7. The summed E-state index contributed by atoms with van der Waals surface area (Å²) in [6.45, 7) is 4.25. The molecule has 1 heterocycles. The molecule has 2 amide bonds. The number of hydrogen-bond acceptors (Lipinski definition) is 2. The summed E-state index contributed by atoms with van der Waals surface area (Å²) in [4.78, 5) is 17.9. The lowest BCUT2D eigenvalue weighted by molar-refractivity contribution is 0.256. The summed E-state index contributed by atoms with van der Waals surface area (Å²) in [5, 5.41) is 1.06. The van der Waals surface area contributed by atoms with Gasteiger partial charge in [-0.1, -0.05) is 26.3 Å². The molecule has 74 valence electrons. The first kappa shape index (κ1) is 10.4. The van der Waals surface area contributed by atoms with Crippen LogP contribution in [0.4, 0.5) is 10.5 Å². The Bertz CT molecular complexity index is 451. The van der Waals surface area contributed by atoms with Crippen LogP contribution in [-0.4, -0.2) is 6.03 Å². The van der Waals surface area contributed by atoms with E-state index in [9.17, 15) is 4.79 Å². The van der Waals surface area contributed by atoms with Crippen LogP contribution in [0.1, 0.15) is 20.3 Å². The summed E-state index contributed by atoms with van der Waals surface area (Å²) < 4.78 is 0. The molecule has 1 aliphatic rings. The average Bonchev–Trinajstić information content (AvgIpc) is 2.48. The van der Waals surface area contributed by atoms with Crippen molar-refractivity contribution >= 4 is 11.7 Å². The number of carbonyl (C=O) groups excluding carboxylic acids is 1. The Balaban J connectivity index is 0.000000293. The topological polar surface area (TPSA) is 67.8 Å². The van der Waals surface area contributed by atoms with Crippen molar-refractivity contribution in [3.05, 3.63) is 28.9 Å². The van der Waals surface area contributed by atoms with Gasteiger partial charge in [-0.3, -0.25) is 0 Å². The monoisotopic (exact) mass is 191 g/mol. The third kappa shape index (κ3) is 2.16. The highest BCUT2D eigenvalue weighted by Crippen LogP contribution is 1.91. The Morgan fingerprint density at radius 3 is 2.50 bits per heavy atom. The fourth-order valence-corrected chi connectivity index (χ4v) is 0.984. The largest absolute Gasteiger partial charge is 0.397 e. The number of nitrogen functional groups attached to an aromatic ring is 1. The van der Waals surface area contributed by atoms with E-state index < -0.39 is 6.03 Å². The number of nitrogens with zero attached hydrogens (tertiary/aromatic N) is 2. The number of benzene rings is 1. The van der Waals surface area contributed by atoms with Crippen LogP contribution < -0.4 is 16.4 Å². The van der Waals surface area contributed by atoms with Gasteiger partial charge < -0.3 is 5.73 Å². The minimum Gasteiger partial charge on any atom is -0.397 e. The summed E-state index contributed by atoms with van der Waals surface area (Å²) in [6.07, 6.45) is 1.25. The molecule has 1 aliphatic heterocycles. The Kier molecular flexibility index (Phi) is 3.34. The van der Waals surface area contributed by atoms with Crippen LogP contribution in [0.15, 0.2) is 28.2 Å². The van der Waals surface area contributed by atoms with E-state index >= 15 is 0 Å². The summed E-state index contributed by atoms with van der Waals surface area (Å²) in [7, 11) is 0. The van der Waals surface area contributed by atoms with Crippen LogP contribution in [0, 0.1) is 0 Å². The number of rotatable bonds is 0. The molecule has 0 unspecified atom stereocenters. The van der Waals surface area contributed by atoms with Crippen molar-refractivity contribution in [2.75, 3.05) is 5.73 Å². The number of fused-ring (bicyclic) bond motifs is 1. The van der Waals surface area contributed by atoms with Crippen LogP contribution in [0.3, 0.4) is 0 Å². The second-order valence-corrected chi connectivity index (χ2v) is 2.93. The lowest BCUT2D eigenvalue weighted by Gasteiger charge is -1.86. The number of hydrogen-bond donors (Lipinski definition) is 1. The third-order valence-electron chi connectivity index (χ3n) is 1.47. The van der Waals surface area contributed by atoms with Crippen LogP contribution in [0.25, 0.3) is 0 Å². The number of anilines is 1. The Labute approximate surface area is 82.2 Å². The lowest BCUT2D eigenvalue weighted by atomic mass is 10.3. The molecule has 1 aromatic rings. The number of amides is 2. The first-order valence-corrected chi connectivity index (χ1v) is 4.55. The van der Waals surface area contributed by atoms with Crippen LogP contribution in [-0.2, 0) is 0 Å². The van der Waals surface area contributed by atoms with Gasteiger partial charge in [0.05, 0.1) is 11.0 Å². The maximum atomic E-state index is 10.7. The predicted octanol–water partition coefficient (Wildman–Crippen LogP) is 1.06. The molecule has 0 aromatic heterocycles. The minimum atomic E-state index is -0.474. The zero-order chi connectivity index (χ0) is 10.6. The van der Waals surface area contributed by atoms with Gasteiger partial charge in [-0.15, -0.1) is 0 Å². The van der Waals surface area contributed by atoms with Crippen molar-refractivity contribution in [3.8, 4) is 0 Å². The van der Waals surface area contributed by atoms with E-state index in [1.807, 2.05) is 0 Å². The lowest BCUT2D eigenvalue weighted by Crippen LogP contribution is -2.24. The van der Waals surface area contributed by atoms with Gasteiger partial charge in [-0.25, -0.2) is 4.79 Å². The van der Waals surface area contributed by atoms with Crippen molar-refractivity contribution < 1.29 is 4.79 Å². The van der Waals surface area contributed by atoms with Gasteiger partial charge in [0.2, 0.25) is 0 Å². The molecule has 0 aliphatic carbocycles. The second kappa shape index (κ2) is 4.50. The van der Waals surface area contributed by atoms with Gasteiger partial charge in [0.25, 0.3) is 0 Å². The van der Waals surface area contributed by atoms with Gasteiger partial charge in [0, 0.05) is 0 Å². The summed E-state index contributed by atoms with van der Waals surface area (Å²) in [6, 6.07) is 4.67. The highest BCUT2D eigenvalue weighted by atomic mass is 16.2. The van der Waals surface area contributed by atoms with E-state index in [2.05, 4.69) is 23.8 Å². The van der Waals surface area contributed by atoms with Crippen molar-refractivity contribution in [2.45, 2.75) is 20.3 Å². The summed E-state index contributed by atoms with van der Waals surface area (Å²) >= 11 is 0. The van der Waals surface area contributed by atoms with Crippen LogP contribution in [0.2, 0.25) is 0 Å². The molecule has 0 saturated carbocycles. The summed E-state index contributed by atoms with van der Waals surface area (Å²) in [5.74, 6) is 0. The van der Waals surface area contributed by atoms with E-state index in [-0.39, 0.29) is 0 Å². The smallest absolute Gasteiger partial charge is 0.368 e. The van der Waals surface area contributed by atoms with Crippen molar-refractivity contribution in [1.82, 2.24) is 0 Å². The molecular weight excluding hydrogens is 178 g/mol. The van der Waals surface area contributed by atoms with Gasteiger partial charge in [-0.2, -0.15) is 9.98 Å². The standard InChI is InChI=1S/C7H5N3O.C3H8/c8-4-2-1-3-5-6(4)10-7(11)9-5;1-3-2/h1-3H,8H2;3H2,1-2H3. The number of para-hydroxylation sites is 1. The normalized spacial score (nSPS) is 12.0. The van der Waals surface area contributed by atoms with Crippen molar-refractivity contribution in [1.29, 1.82) is 0 Å². The Morgan fingerprint density at radius 2 is 1.93 bits per heavy atom. The molecular formula is C10H13N3O. The van der Waals surface area contributed by atoms with Gasteiger partial charge in [0.15, 0.2) is 0 Å². The molecule has 4 heteroatoms. The molecule has 0 atom stereocenters. The molecule has 4 nitrogen and oxygen atoms in total. The van der Waals surface area contributed by atoms with E-state index in [1.54, 1.807) is 18.2 Å². The minimum absolute atomic E-state index is 0.474. The number of carbonyl (C=O) groups is 1. The third-order valence-corrected chi connectivity index (χ3v) is 1.47. The fourth-order valence-electron chi connectivity index (χ4n) is 0.984. The first-order chi connectivity index (χ1) is 6.69. The SMILES string of the molecule is CCC.Nc1cccc2c1=NC(=O)N=2. The molecule has 1 aromatic carbocycles. The van der Waals surface area contributed by atoms with E-state index in [1.165, 1.54) is 6.42 Å². The zero-order valence-electron chi connectivity index (χ0n) is 8.32. The molecule has 0 radical (unpaired) electrons. The molecule has 0 saturated heterocycles. The number of urea groups is 1. The van der Waals surface area contributed by atoms with E-state index in [0.717, 1.165) is 0 Å². The Hall–Kier alpha value is -1.71. The first-order valence-electron chi connectivity index (χ1n) is 4.55.